The maximum absolute atomic E-state index is 12.8. The number of hydrogen-bond acceptors (Lipinski definition) is 7. The Balaban J connectivity index is 0.00000261. The summed E-state index contributed by atoms with van der Waals surface area (Å²) < 4.78 is 22.3. The van der Waals surface area contributed by atoms with Crippen LogP contribution in [0.2, 0.25) is 0 Å². The molecule has 0 bridgehead atoms. The number of aliphatic hydroxyl groups excluding tert-OH is 1. The third kappa shape index (κ3) is 4.21. The van der Waals surface area contributed by atoms with E-state index in [-0.39, 0.29) is 47.6 Å². The standard InChI is InChI=1S/C19H23NO6.ClH/c1-10(2)20-8-12(21)9-25-19-17-13(7-11(3)26-17)16(22)15-14(23-4)5-6-24-18(15)19;/h5-7,10,12,20-21H,8-9H2,1-4H3;1H. The number of halogens is 1. The largest absolute Gasteiger partial charge is 0.496 e. The number of methoxy groups -OCH3 is 1. The third-order valence-electron chi connectivity index (χ3n) is 4.02. The highest BCUT2D eigenvalue weighted by Crippen LogP contribution is 2.41. The van der Waals surface area contributed by atoms with Gasteiger partial charge in [0, 0.05) is 18.7 Å². The minimum Gasteiger partial charge on any atom is -0.496 e. The molecule has 0 saturated heterocycles. The number of benzene rings is 1. The summed E-state index contributed by atoms with van der Waals surface area (Å²) in [6.07, 6.45) is 0.697. The zero-order chi connectivity index (χ0) is 18.8. The van der Waals surface area contributed by atoms with Crippen LogP contribution in [0.15, 0.2) is 32.0 Å². The first-order valence-corrected chi connectivity index (χ1v) is 8.48. The van der Waals surface area contributed by atoms with Crippen LogP contribution in [0.4, 0.5) is 0 Å². The van der Waals surface area contributed by atoms with E-state index in [0.29, 0.717) is 29.0 Å². The Labute approximate surface area is 163 Å². The van der Waals surface area contributed by atoms with Crippen LogP contribution in [0.5, 0.6) is 11.5 Å². The average Bonchev–Trinajstić information content (AvgIpc) is 3.01. The molecule has 0 amide bonds. The number of aliphatic hydroxyl groups is 1. The molecule has 148 valence electrons. The predicted molar refractivity (Wildman–Crippen MR) is 105 cm³/mol. The van der Waals surface area contributed by atoms with E-state index in [2.05, 4.69) is 5.32 Å². The fourth-order valence-electron chi connectivity index (χ4n) is 2.80. The molecule has 1 unspecified atom stereocenters. The number of fused-ring (bicyclic) bond motifs is 2. The van der Waals surface area contributed by atoms with Gasteiger partial charge in [-0.05, 0) is 13.0 Å². The van der Waals surface area contributed by atoms with Crippen molar-refractivity contribution in [1.29, 1.82) is 0 Å². The molecule has 0 spiro atoms. The van der Waals surface area contributed by atoms with Crippen molar-refractivity contribution >= 4 is 23.4 Å². The Morgan fingerprint density at radius 1 is 1.33 bits per heavy atom. The molecule has 1 aliphatic carbocycles. The van der Waals surface area contributed by atoms with Crippen molar-refractivity contribution < 1.29 is 23.4 Å². The van der Waals surface area contributed by atoms with Gasteiger partial charge in [-0.2, -0.15) is 0 Å². The normalized spacial score (nSPS) is 12.4. The van der Waals surface area contributed by atoms with Crippen molar-refractivity contribution in [1.82, 2.24) is 5.32 Å². The van der Waals surface area contributed by atoms with E-state index < -0.39 is 6.10 Å². The molecule has 0 radical (unpaired) electrons. The monoisotopic (exact) mass is 397 g/mol. The second-order valence-corrected chi connectivity index (χ2v) is 6.48. The molecular weight excluding hydrogens is 374 g/mol. The minimum atomic E-state index is -0.726. The maximum Gasteiger partial charge on any atom is 0.206 e. The molecule has 8 heteroatoms. The van der Waals surface area contributed by atoms with E-state index in [9.17, 15) is 9.90 Å². The van der Waals surface area contributed by atoms with Crippen LogP contribution in [0.25, 0.3) is 22.3 Å². The van der Waals surface area contributed by atoms with E-state index in [1.165, 1.54) is 13.4 Å². The Hall–Kier alpha value is -2.22. The Morgan fingerprint density at radius 3 is 2.74 bits per heavy atom. The number of rotatable bonds is 7. The van der Waals surface area contributed by atoms with Gasteiger partial charge < -0.3 is 28.7 Å². The van der Waals surface area contributed by atoms with E-state index in [4.69, 9.17) is 18.3 Å². The minimum absolute atomic E-state index is 0. The van der Waals surface area contributed by atoms with Crippen LogP contribution < -0.4 is 20.2 Å². The lowest BCUT2D eigenvalue weighted by Crippen LogP contribution is -2.35. The summed E-state index contributed by atoms with van der Waals surface area (Å²) in [7, 11) is 1.49. The lowest BCUT2D eigenvalue weighted by Gasteiger charge is -2.17. The van der Waals surface area contributed by atoms with Gasteiger partial charge in [0.15, 0.2) is 11.3 Å². The van der Waals surface area contributed by atoms with E-state index in [0.717, 1.165) is 0 Å². The highest BCUT2D eigenvalue weighted by Gasteiger charge is 2.27. The molecule has 27 heavy (non-hydrogen) atoms. The summed E-state index contributed by atoms with van der Waals surface area (Å²) in [5.41, 5.74) is 0.344. The zero-order valence-corrected chi connectivity index (χ0v) is 16.5. The van der Waals surface area contributed by atoms with Gasteiger partial charge in [0.05, 0.1) is 18.8 Å². The molecule has 1 aliphatic heterocycles. The van der Waals surface area contributed by atoms with Crippen LogP contribution in [-0.2, 0) is 0 Å². The smallest absolute Gasteiger partial charge is 0.206 e. The molecule has 1 aromatic rings. The third-order valence-corrected chi connectivity index (χ3v) is 4.02. The predicted octanol–water partition coefficient (Wildman–Crippen LogP) is 2.97. The van der Waals surface area contributed by atoms with Crippen LogP contribution in [0.1, 0.15) is 19.6 Å². The fraction of sp³-hybridized carbons (Fsp3) is 0.421. The SMILES string of the molecule is COc1ccoc2c(OCC(O)CNC(C)C)c3oc(C)cc3c(=O)c1-2.Cl. The van der Waals surface area contributed by atoms with Crippen LogP contribution >= 0.6 is 12.4 Å². The van der Waals surface area contributed by atoms with Gasteiger partial charge in [-0.15, -0.1) is 12.4 Å². The topological polar surface area (TPSA) is 94.1 Å². The average molecular weight is 398 g/mol. The van der Waals surface area contributed by atoms with E-state index >= 15 is 0 Å². The summed E-state index contributed by atoms with van der Waals surface area (Å²) in [6.45, 7) is 6.15. The second kappa shape index (κ2) is 8.65. The highest BCUT2D eigenvalue weighted by molar-refractivity contribution is 5.94. The van der Waals surface area contributed by atoms with Crippen LogP contribution in [0, 0.1) is 6.92 Å². The molecule has 0 aromatic carbocycles. The fourth-order valence-corrected chi connectivity index (χ4v) is 2.80. The lowest BCUT2D eigenvalue weighted by molar-refractivity contribution is 0.104. The first-order chi connectivity index (χ1) is 12.4. The number of furan rings is 1. The van der Waals surface area contributed by atoms with E-state index in [1.807, 2.05) is 13.8 Å². The summed E-state index contributed by atoms with van der Waals surface area (Å²) in [4.78, 5) is 12.8. The molecular formula is C19H24ClNO6. The van der Waals surface area contributed by atoms with Crippen LogP contribution in [-0.4, -0.2) is 37.5 Å². The molecule has 2 heterocycles. The molecule has 7 nitrogen and oxygen atoms in total. The molecule has 2 N–H and O–H groups in total. The van der Waals surface area contributed by atoms with Gasteiger partial charge in [0.1, 0.15) is 29.8 Å². The second-order valence-electron chi connectivity index (χ2n) is 6.48. The maximum atomic E-state index is 12.8. The Kier molecular flexibility index (Phi) is 6.75. The van der Waals surface area contributed by atoms with Crippen molar-refractivity contribution in [2.24, 2.45) is 0 Å². The van der Waals surface area contributed by atoms with Gasteiger partial charge >= 0.3 is 0 Å². The molecule has 2 aliphatic rings. The summed E-state index contributed by atoms with van der Waals surface area (Å²) in [5.74, 6) is 1.49. The van der Waals surface area contributed by atoms with Gasteiger partial charge in [0.25, 0.3) is 0 Å². The van der Waals surface area contributed by atoms with Gasteiger partial charge in [0.2, 0.25) is 11.2 Å². The zero-order valence-electron chi connectivity index (χ0n) is 15.7. The Morgan fingerprint density at radius 2 is 2.07 bits per heavy atom. The number of nitrogens with one attached hydrogen (secondary N) is 1. The molecule has 1 atom stereocenters. The van der Waals surface area contributed by atoms with Crippen molar-refractivity contribution in [3.05, 3.63) is 34.4 Å². The molecule has 1 aromatic heterocycles. The van der Waals surface area contributed by atoms with E-state index in [1.54, 1.807) is 19.1 Å². The number of ether oxygens (including phenoxy) is 2. The van der Waals surface area contributed by atoms with Crippen molar-refractivity contribution in [3.8, 4) is 22.8 Å². The highest BCUT2D eigenvalue weighted by atomic mass is 35.5. The number of hydrogen-bond donors (Lipinski definition) is 2. The first-order valence-electron chi connectivity index (χ1n) is 8.48. The van der Waals surface area contributed by atoms with Crippen molar-refractivity contribution in [3.63, 3.8) is 0 Å². The molecule has 0 fully saturated rings. The lowest BCUT2D eigenvalue weighted by atomic mass is 10.1. The van der Waals surface area contributed by atoms with Gasteiger partial charge in [-0.3, -0.25) is 4.79 Å². The number of aryl methyl sites for hydroxylation is 1. The Bertz CT molecular complexity index is 932. The first kappa shape index (κ1) is 21.1. The quantitative estimate of drug-likeness (QED) is 0.632. The molecule has 3 rings (SSSR count). The molecule has 0 saturated carbocycles. The summed E-state index contributed by atoms with van der Waals surface area (Å²) >= 11 is 0. The van der Waals surface area contributed by atoms with Gasteiger partial charge in [-0.1, -0.05) is 13.8 Å². The van der Waals surface area contributed by atoms with Crippen LogP contribution in [0.3, 0.4) is 0 Å². The van der Waals surface area contributed by atoms with Crippen molar-refractivity contribution in [2.75, 3.05) is 20.3 Å². The summed E-state index contributed by atoms with van der Waals surface area (Å²) in [6, 6.07) is 3.49. The van der Waals surface area contributed by atoms with Gasteiger partial charge in [-0.25, -0.2) is 0 Å². The van der Waals surface area contributed by atoms with Crippen molar-refractivity contribution in [2.45, 2.75) is 32.9 Å². The summed E-state index contributed by atoms with van der Waals surface area (Å²) in [5, 5.41) is 13.7.